The smallest absolute Gasteiger partial charge is 0.145 e. The Morgan fingerprint density at radius 3 is 2.58 bits per heavy atom. The maximum atomic E-state index is 9.71. The molecule has 5 atom stereocenters. The molecule has 2 saturated heterocycles. The second-order valence-electron chi connectivity index (χ2n) is 3.62. The maximum absolute atomic E-state index is 9.71. The van der Waals surface area contributed by atoms with Crippen LogP contribution < -0.4 is 0 Å². The molecule has 0 amide bonds. The minimum atomic E-state index is -0.871. The first-order valence-corrected chi connectivity index (χ1v) is 4.24. The van der Waals surface area contributed by atoms with Gasteiger partial charge in [-0.2, -0.15) is 0 Å². The molecule has 12 heavy (non-hydrogen) atoms. The topological polar surface area (TPSA) is 58.9 Å². The molecule has 0 saturated carbocycles. The van der Waals surface area contributed by atoms with Gasteiger partial charge in [0.1, 0.15) is 25.7 Å². The molecule has 0 radical (unpaired) electrons. The van der Waals surface area contributed by atoms with Gasteiger partial charge in [-0.15, -0.1) is 0 Å². The minimum Gasteiger partial charge on any atom is -0.393 e. The lowest BCUT2D eigenvalue weighted by Gasteiger charge is -2.33. The molecule has 2 heterocycles. The van der Waals surface area contributed by atoms with E-state index in [9.17, 15) is 5.11 Å². The Labute approximate surface area is 71.9 Å². The van der Waals surface area contributed by atoms with Gasteiger partial charge in [0.25, 0.3) is 0 Å². The Hall–Kier alpha value is -0.0951. The van der Waals surface area contributed by atoms with Crippen LogP contribution in [-0.4, -0.2) is 54.6 Å². The molecule has 2 bridgehead atoms. The molecular formula is C7H13BO4. The first kappa shape index (κ1) is 8.50. The molecular weight excluding hydrogens is 159 g/mol. The van der Waals surface area contributed by atoms with Crippen LogP contribution in [0.1, 0.15) is 6.92 Å². The molecule has 0 spiro atoms. The van der Waals surface area contributed by atoms with Crippen molar-refractivity contribution in [2.24, 2.45) is 0 Å². The summed E-state index contributed by atoms with van der Waals surface area (Å²) in [5.41, 5.74) is -0.871. The van der Waals surface area contributed by atoms with Crippen LogP contribution in [0.25, 0.3) is 0 Å². The van der Waals surface area contributed by atoms with Crippen molar-refractivity contribution in [2.75, 3.05) is 6.61 Å². The van der Waals surface area contributed by atoms with Gasteiger partial charge >= 0.3 is 0 Å². The van der Waals surface area contributed by atoms with E-state index in [1.54, 1.807) is 0 Å². The Bertz CT molecular complexity index is 200. The highest BCUT2D eigenvalue weighted by Crippen LogP contribution is 2.42. The zero-order chi connectivity index (χ0) is 8.93. The Balaban J connectivity index is 2.30. The molecule has 2 fully saturated rings. The van der Waals surface area contributed by atoms with E-state index < -0.39 is 11.7 Å². The van der Waals surface area contributed by atoms with Gasteiger partial charge in [0.05, 0.1) is 18.7 Å². The number of fused-ring (bicyclic) bond motifs is 2. The van der Waals surface area contributed by atoms with E-state index in [0.29, 0.717) is 0 Å². The molecule has 0 aromatic rings. The fraction of sp³-hybridized carbons (Fsp3) is 1.00. The summed E-state index contributed by atoms with van der Waals surface area (Å²) in [6.45, 7) is 1.63. The van der Waals surface area contributed by atoms with E-state index in [1.165, 1.54) is 0 Å². The van der Waals surface area contributed by atoms with Crippen LogP contribution in [0, 0.1) is 0 Å². The molecule has 0 aromatic heterocycles. The number of ether oxygens (including phenoxy) is 2. The normalized spacial score (nSPS) is 57.9. The second kappa shape index (κ2) is 2.45. The summed E-state index contributed by atoms with van der Waals surface area (Å²) >= 11 is 0. The standard InChI is InChI=1S/C7H13BO4/c1-3-7(2-9)5(10)4(11-3)6(8)12-7/h3-6,9-10H,2,8H2,1H3/t3-,4+,5-,6+,7-/m0/s1. The zero-order valence-corrected chi connectivity index (χ0v) is 7.23. The van der Waals surface area contributed by atoms with Crippen molar-refractivity contribution in [1.82, 2.24) is 0 Å². The third-order valence-corrected chi connectivity index (χ3v) is 2.98. The summed E-state index contributed by atoms with van der Waals surface area (Å²) in [5, 5.41) is 18.8. The highest BCUT2D eigenvalue weighted by Gasteiger charge is 2.63. The van der Waals surface area contributed by atoms with Gasteiger partial charge in [0.2, 0.25) is 0 Å². The van der Waals surface area contributed by atoms with Crippen LogP contribution in [0.4, 0.5) is 0 Å². The Morgan fingerprint density at radius 1 is 1.58 bits per heavy atom. The number of hydrogen-bond acceptors (Lipinski definition) is 4. The van der Waals surface area contributed by atoms with Crippen molar-refractivity contribution in [3.63, 3.8) is 0 Å². The fourth-order valence-electron chi connectivity index (χ4n) is 2.15. The number of aliphatic hydroxyl groups is 2. The molecule has 0 unspecified atom stereocenters. The van der Waals surface area contributed by atoms with Crippen molar-refractivity contribution in [3.8, 4) is 0 Å². The highest BCUT2D eigenvalue weighted by molar-refractivity contribution is 6.11. The van der Waals surface area contributed by atoms with Gasteiger partial charge in [-0.05, 0) is 6.92 Å². The van der Waals surface area contributed by atoms with Crippen molar-refractivity contribution in [3.05, 3.63) is 0 Å². The monoisotopic (exact) mass is 172 g/mol. The van der Waals surface area contributed by atoms with Crippen LogP contribution in [0.5, 0.6) is 0 Å². The van der Waals surface area contributed by atoms with Crippen molar-refractivity contribution in [1.29, 1.82) is 0 Å². The molecule has 0 aromatic carbocycles. The maximum Gasteiger partial charge on any atom is 0.145 e. The first-order chi connectivity index (χ1) is 5.62. The quantitative estimate of drug-likeness (QED) is 0.443. The summed E-state index contributed by atoms with van der Waals surface area (Å²) in [6, 6.07) is -0.122. The predicted octanol–water partition coefficient (Wildman–Crippen LogP) is -2.14. The highest BCUT2D eigenvalue weighted by atomic mass is 16.6. The molecule has 2 rings (SSSR count). The molecule has 0 aliphatic carbocycles. The first-order valence-electron chi connectivity index (χ1n) is 4.24. The third kappa shape index (κ3) is 0.772. The summed E-state index contributed by atoms with van der Waals surface area (Å²) < 4.78 is 10.9. The molecule has 4 nitrogen and oxygen atoms in total. The lowest BCUT2D eigenvalue weighted by atomic mass is 9.91. The summed E-state index contributed by atoms with van der Waals surface area (Å²) in [4.78, 5) is 0. The van der Waals surface area contributed by atoms with E-state index in [-0.39, 0.29) is 24.8 Å². The molecule has 68 valence electrons. The van der Waals surface area contributed by atoms with E-state index >= 15 is 0 Å². The van der Waals surface area contributed by atoms with Gasteiger partial charge in [-0.3, -0.25) is 0 Å². The van der Waals surface area contributed by atoms with Crippen LogP contribution in [0.3, 0.4) is 0 Å². The Kier molecular flexibility index (Phi) is 1.73. The van der Waals surface area contributed by atoms with Gasteiger partial charge in [0, 0.05) is 0 Å². The fourth-order valence-corrected chi connectivity index (χ4v) is 2.15. The summed E-state index contributed by atoms with van der Waals surface area (Å²) in [6.07, 6.45) is -1.18. The summed E-state index contributed by atoms with van der Waals surface area (Å²) in [5.74, 6) is 0. The van der Waals surface area contributed by atoms with Crippen molar-refractivity contribution < 1.29 is 19.7 Å². The van der Waals surface area contributed by atoms with Crippen molar-refractivity contribution in [2.45, 2.75) is 36.8 Å². The van der Waals surface area contributed by atoms with Gasteiger partial charge in [-0.1, -0.05) is 0 Å². The van der Waals surface area contributed by atoms with E-state index in [1.807, 2.05) is 14.8 Å². The number of rotatable bonds is 1. The van der Waals surface area contributed by atoms with Crippen LogP contribution >= 0.6 is 0 Å². The number of aliphatic hydroxyl groups excluding tert-OH is 2. The lowest BCUT2D eigenvalue weighted by molar-refractivity contribution is -0.173. The van der Waals surface area contributed by atoms with Crippen LogP contribution in [-0.2, 0) is 9.47 Å². The molecule has 5 heteroatoms. The Morgan fingerprint density at radius 2 is 2.25 bits per heavy atom. The van der Waals surface area contributed by atoms with Crippen molar-refractivity contribution >= 4 is 7.85 Å². The molecule has 2 aliphatic rings. The van der Waals surface area contributed by atoms with E-state index in [4.69, 9.17) is 14.6 Å². The third-order valence-electron chi connectivity index (χ3n) is 2.98. The van der Waals surface area contributed by atoms with Gasteiger partial charge < -0.3 is 19.7 Å². The minimum absolute atomic E-state index is 0.122. The van der Waals surface area contributed by atoms with Crippen LogP contribution in [0.2, 0.25) is 0 Å². The second-order valence-corrected chi connectivity index (χ2v) is 3.62. The van der Waals surface area contributed by atoms with Gasteiger partial charge in [0.15, 0.2) is 0 Å². The molecule has 2 N–H and O–H groups in total. The van der Waals surface area contributed by atoms with Gasteiger partial charge in [-0.25, -0.2) is 0 Å². The largest absolute Gasteiger partial charge is 0.393 e. The molecule has 2 aliphatic heterocycles. The number of hydrogen-bond donors (Lipinski definition) is 2. The predicted molar refractivity (Wildman–Crippen MR) is 43.6 cm³/mol. The summed E-state index contributed by atoms with van der Waals surface area (Å²) in [7, 11) is 1.84. The SMILES string of the molecule is B[C@@H]1O[C@@]2(CO)[C@H](C)O[C@@H]1[C@@H]2O. The lowest BCUT2D eigenvalue weighted by Crippen LogP contribution is -2.49. The van der Waals surface area contributed by atoms with E-state index in [0.717, 1.165) is 0 Å². The van der Waals surface area contributed by atoms with E-state index in [2.05, 4.69) is 0 Å². The average molecular weight is 172 g/mol. The van der Waals surface area contributed by atoms with Crippen LogP contribution in [0.15, 0.2) is 0 Å². The zero-order valence-electron chi connectivity index (χ0n) is 7.23. The average Bonchev–Trinajstić information content (AvgIpc) is 2.41.